The van der Waals surface area contributed by atoms with Crippen molar-refractivity contribution in [3.05, 3.63) is 57.5 Å². The fourth-order valence-electron chi connectivity index (χ4n) is 1.84. The Morgan fingerprint density at radius 1 is 1.24 bits per heavy atom. The third-order valence-corrected chi connectivity index (χ3v) is 3.63. The van der Waals surface area contributed by atoms with Crippen molar-refractivity contribution in [2.75, 3.05) is 6.54 Å². The maximum absolute atomic E-state index is 13.1. The van der Waals surface area contributed by atoms with Crippen molar-refractivity contribution in [2.45, 2.75) is 18.8 Å². The van der Waals surface area contributed by atoms with Gasteiger partial charge in [-0.2, -0.15) is 24.5 Å². The summed E-state index contributed by atoms with van der Waals surface area (Å²) in [5.74, 6) is -1.29. The summed E-state index contributed by atoms with van der Waals surface area (Å²) in [6.07, 6.45) is -5.44. The summed E-state index contributed by atoms with van der Waals surface area (Å²) in [5.41, 5.74) is -0.219. The van der Waals surface area contributed by atoms with Gasteiger partial charge in [-0.3, -0.25) is 0 Å². The monoisotopic (exact) mass is 319 g/mol. The van der Waals surface area contributed by atoms with E-state index in [2.05, 4.69) is 5.32 Å². The lowest BCUT2D eigenvalue weighted by atomic mass is 10.1. The van der Waals surface area contributed by atoms with Gasteiger partial charge in [-0.1, -0.05) is 6.07 Å². The quantitative estimate of drug-likeness (QED) is 0.823. The van der Waals surface area contributed by atoms with Crippen LogP contribution in [0.2, 0.25) is 0 Å². The smallest absolute Gasteiger partial charge is 0.387 e. The van der Waals surface area contributed by atoms with E-state index in [0.717, 1.165) is 17.7 Å². The number of hydrogen-bond acceptors (Lipinski definition) is 3. The van der Waals surface area contributed by atoms with Crippen LogP contribution in [-0.2, 0) is 12.7 Å². The first-order chi connectivity index (χ1) is 9.88. The lowest BCUT2D eigenvalue weighted by Gasteiger charge is -2.12. The highest BCUT2D eigenvalue weighted by Crippen LogP contribution is 2.31. The number of nitrogens with one attached hydrogen (secondary N) is 1. The van der Waals surface area contributed by atoms with Gasteiger partial charge in [0.05, 0.1) is 11.7 Å². The lowest BCUT2D eigenvalue weighted by Crippen LogP contribution is -2.21. The second kappa shape index (κ2) is 6.55. The summed E-state index contributed by atoms with van der Waals surface area (Å²) in [5, 5.41) is 16.3. The van der Waals surface area contributed by atoms with Crippen molar-refractivity contribution in [1.29, 1.82) is 0 Å². The van der Waals surface area contributed by atoms with Gasteiger partial charge in [0.25, 0.3) is 0 Å². The van der Waals surface area contributed by atoms with E-state index in [1.807, 2.05) is 5.38 Å². The molecule has 0 spiro atoms. The molecule has 0 aliphatic heterocycles. The van der Waals surface area contributed by atoms with Gasteiger partial charge in [-0.15, -0.1) is 0 Å². The fourth-order valence-corrected chi connectivity index (χ4v) is 2.54. The van der Waals surface area contributed by atoms with Gasteiger partial charge >= 0.3 is 6.18 Å². The Hall–Kier alpha value is -1.44. The Bertz CT molecular complexity index is 583. The second-order valence-electron chi connectivity index (χ2n) is 4.52. The predicted molar refractivity (Wildman–Crippen MR) is 72.4 cm³/mol. The first kappa shape index (κ1) is 15.9. The van der Waals surface area contributed by atoms with Crippen LogP contribution in [0.1, 0.15) is 22.8 Å². The SMILES string of the molecule is OC(CNCc1ccc(F)c(C(F)(F)F)c1)c1ccsc1. The van der Waals surface area contributed by atoms with E-state index in [-0.39, 0.29) is 13.1 Å². The molecule has 2 N–H and O–H groups in total. The molecule has 2 nitrogen and oxygen atoms in total. The van der Waals surface area contributed by atoms with Crippen LogP contribution in [0.25, 0.3) is 0 Å². The van der Waals surface area contributed by atoms with E-state index in [1.165, 1.54) is 17.4 Å². The van der Waals surface area contributed by atoms with Crippen molar-refractivity contribution in [3.63, 3.8) is 0 Å². The number of hydrogen-bond donors (Lipinski definition) is 2. The molecule has 0 fully saturated rings. The summed E-state index contributed by atoms with van der Waals surface area (Å²) in [4.78, 5) is 0. The molecule has 2 rings (SSSR count). The fraction of sp³-hybridized carbons (Fsp3) is 0.286. The van der Waals surface area contributed by atoms with Crippen molar-refractivity contribution < 1.29 is 22.7 Å². The maximum Gasteiger partial charge on any atom is 0.419 e. The number of rotatable bonds is 5. The van der Waals surface area contributed by atoms with Gasteiger partial charge in [-0.25, -0.2) is 4.39 Å². The Balaban J connectivity index is 1.95. The molecule has 114 valence electrons. The molecule has 0 amide bonds. The van der Waals surface area contributed by atoms with Crippen LogP contribution in [-0.4, -0.2) is 11.7 Å². The zero-order valence-electron chi connectivity index (χ0n) is 10.8. The van der Waals surface area contributed by atoms with Crippen LogP contribution in [0.15, 0.2) is 35.0 Å². The second-order valence-corrected chi connectivity index (χ2v) is 5.30. The van der Waals surface area contributed by atoms with Crippen LogP contribution in [0.4, 0.5) is 17.6 Å². The maximum atomic E-state index is 13.1. The Kier molecular flexibility index (Phi) is 4.97. The molecule has 0 aliphatic rings. The topological polar surface area (TPSA) is 32.3 Å². The number of alkyl halides is 3. The molecule has 0 bridgehead atoms. The molecule has 0 radical (unpaired) electrons. The highest BCUT2D eigenvalue weighted by Gasteiger charge is 2.34. The highest BCUT2D eigenvalue weighted by molar-refractivity contribution is 7.07. The summed E-state index contributed by atoms with van der Waals surface area (Å²) < 4.78 is 50.8. The lowest BCUT2D eigenvalue weighted by molar-refractivity contribution is -0.140. The van der Waals surface area contributed by atoms with E-state index in [9.17, 15) is 22.7 Å². The van der Waals surface area contributed by atoms with Gasteiger partial charge in [0.2, 0.25) is 0 Å². The number of halogens is 4. The number of thiophene rings is 1. The van der Waals surface area contributed by atoms with Gasteiger partial charge in [0.15, 0.2) is 0 Å². The largest absolute Gasteiger partial charge is 0.419 e. The first-order valence-corrected chi connectivity index (χ1v) is 7.08. The summed E-state index contributed by atoms with van der Waals surface area (Å²) in [6, 6.07) is 4.64. The molecule has 0 saturated carbocycles. The van der Waals surface area contributed by atoms with E-state index in [0.29, 0.717) is 5.56 Å². The Labute approximate surface area is 123 Å². The molecule has 2 aromatic rings. The minimum absolute atomic E-state index is 0.116. The minimum Gasteiger partial charge on any atom is -0.387 e. The van der Waals surface area contributed by atoms with E-state index >= 15 is 0 Å². The molecule has 1 aromatic carbocycles. The molecule has 1 unspecified atom stereocenters. The van der Waals surface area contributed by atoms with Gasteiger partial charge in [0, 0.05) is 13.1 Å². The van der Waals surface area contributed by atoms with Crippen molar-refractivity contribution in [1.82, 2.24) is 5.32 Å². The van der Waals surface area contributed by atoms with Crippen molar-refractivity contribution in [3.8, 4) is 0 Å². The van der Waals surface area contributed by atoms with Crippen molar-refractivity contribution in [2.24, 2.45) is 0 Å². The molecular formula is C14H13F4NOS. The third-order valence-electron chi connectivity index (χ3n) is 2.93. The number of aliphatic hydroxyl groups is 1. The Morgan fingerprint density at radius 2 is 2.00 bits per heavy atom. The molecular weight excluding hydrogens is 306 g/mol. The summed E-state index contributed by atoms with van der Waals surface area (Å²) in [7, 11) is 0. The van der Waals surface area contributed by atoms with Gasteiger partial charge in [-0.05, 0) is 40.1 Å². The third kappa shape index (κ3) is 4.26. The first-order valence-electron chi connectivity index (χ1n) is 6.14. The molecule has 21 heavy (non-hydrogen) atoms. The zero-order valence-corrected chi connectivity index (χ0v) is 11.6. The number of aliphatic hydroxyl groups excluding tert-OH is 1. The average Bonchev–Trinajstić information content (AvgIpc) is 2.93. The predicted octanol–water partition coefficient (Wildman–Crippen LogP) is 3.73. The molecule has 1 atom stereocenters. The van der Waals surface area contributed by atoms with Crippen LogP contribution in [0.5, 0.6) is 0 Å². The Morgan fingerprint density at radius 3 is 2.62 bits per heavy atom. The van der Waals surface area contributed by atoms with E-state index in [4.69, 9.17) is 0 Å². The van der Waals surface area contributed by atoms with Gasteiger partial charge in [0.1, 0.15) is 5.82 Å². The molecule has 0 saturated heterocycles. The summed E-state index contributed by atoms with van der Waals surface area (Å²) >= 11 is 1.45. The average molecular weight is 319 g/mol. The highest BCUT2D eigenvalue weighted by atomic mass is 32.1. The zero-order chi connectivity index (χ0) is 15.5. The normalized spacial score (nSPS) is 13.4. The molecule has 0 aliphatic carbocycles. The summed E-state index contributed by atoms with van der Waals surface area (Å²) in [6.45, 7) is 0.319. The van der Waals surface area contributed by atoms with E-state index < -0.39 is 23.7 Å². The number of benzene rings is 1. The van der Waals surface area contributed by atoms with Crippen molar-refractivity contribution >= 4 is 11.3 Å². The van der Waals surface area contributed by atoms with Crippen LogP contribution in [0, 0.1) is 5.82 Å². The van der Waals surface area contributed by atoms with E-state index in [1.54, 1.807) is 11.4 Å². The minimum atomic E-state index is -4.71. The molecule has 7 heteroatoms. The van der Waals surface area contributed by atoms with Gasteiger partial charge < -0.3 is 10.4 Å². The van der Waals surface area contributed by atoms with Crippen LogP contribution in [0.3, 0.4) is 0 Å². The molecule has 1 aromatic heterocycles. The molecule has 1 heterocycles. The van der Waals surface area contributed by atoms with Crippen LogP contribution < -0.4 is 5.32 Å². The standard InChI is InChI=1S/C14H13F4NOS/c15-12-2-1-9(5-11(12)14(16,17)18)6-19-7-13(20)10-3-4-21-8-10/h1-5,8,13,19-20H,6-7H2. The van der Waals surface area contributed by atoms with Crippen LogP contribution >= 0.6 is 11.3 Å².